The predicted octanol–water partition coefficient (Wildman–Crippen LogP) is 0.724. The first-order valence-corrected chi connectivity index (χ1v) is 6.70. The third kappa shape index (κ3) is 3.31. The smallest absolute Gasteiger partial charge is 0.337 e. The van der Waals surface area contributed by atoms with Gasteiger partial charge in [-0.05, 0) is 18.2 Å². The summed E-state index contributed by atoms with van der Waals surface area (Å²) >= 11 is 0.802. The monoisotopic (exact) mass is 310 g/mol. The van der Waals surface area contributed by atoms with Crippen molar-refractivity contribution in [3.8, 4) is 5.75 Å². The molecule has 0 aromatic heterocycles. The number of hydrogen-bond donors (Lipinski definition) is 3. The van der Waals surface area contributed by atoms with Gasteiger partial charge < -0.3 is 15.5 Å². The minimum Gasteiger partial charge on any atom is -0.508 e. The van der Waals surface area contributed by atoms with Gasteiger partial charge in [0.2, 0.25) is 11.8 Å². The number of rotatable bonds is 4. The number of nitrogens with zero attached hydrogens (tertiary/aromatic N) is 1. The second-order valence-corrected chi connectivity index (χ2v) is 5.04. The normalized spacial score (nSPS) is 14.4. The van der Waals surface area contributed by atoms with E-state index in [0.717, 1.165) is 22.7 Å². The van der Waals surface area contributed by atoms with Crippen LogP contribution in [0.15, 0.2) is 18.2 Å². The fourth-order valence-corrected chi connectivity index (χ4v) is 2.41. The third-order valence-electron chi connectivity index (χ3n) is 2.65. The standard InChI is InChI=1S/C12H10N2O6S/c15-6-1-2-8(7(3-6)11(18)19)13-9(16)4-14-10(17)5-21-12(14)20/h1-3,15H,4-5H2,(H,13,16)(H,18,19). The average Bonchev–Trinajstić information content (AvgIpc) is 2.72. The second kappa shape index (κ2) is 5.83. The van der Waals surface area contributed by atoms with Crippen molar-refractivity contribution in [2.24, 2.45) is 0 Å². The number of amides is 3. The number of carbonyl (C=O) groups is 4. The van der Waals surface area contributed by atoms with Crippen molar-refractivity contribution in [1.29, 1.82) is 0 Å². The molecule has 3 amide bonds. The van der Waals surface area contributed by atoms with Crippen molar-refractivity contribution in [3.63, 3.8) is 0 Å². The Labute approximate surface area is 122 Å². The van der Waals surface area contributed by atoms with Gasteiger partial charge >= 0.3 is 5.97 Å². The van der Waals surface area contributed by atoms with E-state index in [4.69, 9.17) is 5.11 Å². The highest BCUT2D eigenvalue weighted by Crippen LogP contribution is 2.22. The molecule has 1 aliphatic heterocycles. The van der Waals surface area contributed by atoms with Crippen LogP contribution in [0, 0.1) is 0 Å². The Morgan fingerprint density at radius 1 is 1.33 bits per heavy atom. The number of carboxylic acids is 1. The van der Waals surface area contributed by atoms with Crippen LogP contribution in [0.2, 0.25) is 0 Å². The van der Waals surface area contributed by atoms with Crippen LogP contribution >= 0.6 is 11.8 Å². The summed E-state index contributed by atoms with van der Waals surface area (Å²) in [5.74, 6) is -2.76. The number of thioether (sulfide) groups is 1. The average molecular weight is 310 g/mol. The first-order valence-electron chi connectivity index (χ1n) is 5.72. The van der Waals surface area contributed by atoms with Gasteiger partial charge in [-0.2, -0.15) is 0 Å². The number of carbonyl (C=O) groups excluding carboxylic acids is 3. The Morgan fingerprint density at radius 3 is 2.62 bits per heavy atom. The molecule has 1 aromatic carbocycles. The molecule has 1 aromatic rings. The fourth-order valence-electron chi connectivity index (χ4n) is 1.69. The maximum atomic E-state index is 11.8. The second-order valence-electron chi connectivity index (χ2n) is 4.12. The minimum absolute atomic E-state index is 0.00824. The summed E-state index contributed by atoms with van der Waals surface area (Å²) in [6.07, 6.45) is 0. The molecule has 1 heterocycles. The fraction of sp³-hybridized carbons (Fsp3) is 0.167. The summed E-state index contributed by atoms with van der Waals surface area (Å²) < 4.78 is 0. The molecule has 2 rings (SSSR count). The van der Waals surface area contributed by atoms with Crippen LogP contribution in [-0.2, 0) is 9.59 Å². The van der Waals surface area contributed by atoms with Crippen LogP contribution in [-0.4, -0.2) is 50.4 Å². The number of nitrogens with one attached hydrogen (secondary N) is 1. The Hall–Kier alpha value is -2.55. The van der Waals surface area contributed by atoms with Gasteiger partial charge in [0.15, 0.2) is 0 Å². The first-order chi connectivity index (χ1) is 9.88. The Balaban J connectivity index is 2.11. The zero-order valence-corrected chi connectivity index (χ0v) is 11.3. The highest BCUT2D eigenvalue weighted by molar-refractivity contribution is 8.14. The number of aromatic hydroxyl groups is 1. The summed E-state index contributed by atoms with van der Waals surface area (Å²) in [6, 6.07) is 3.42. The molecule has 3 N–H and O–H groups in total. The van der Waals surface area contributed by atoms with E-state index < -0.39 is 29.6 Å². The zero-order chi connectivity index (χ0) is 15.6. The predicted molar refractivity (Wildman–Crippen MR) is 73.3 cm³/mol. The number of phenols is 1. The molecule has 1 fully saturated rings. The van der Waals surface area contributed by atoms with Crippen LogP contribution in [0.4, 0.5) is 10.5 Å². The molecule has 0 spiro atoms. The van der Waals surface area contributed by atoms with Gasteiger partial charge in [-0.25, -0.2) is 4.79 Å². The van der Waals surface area contributed by atoms with E-state index in [9.17, 15) is 24.3 Å². The van der Waals surface area contributed by atoms with E-state index >= 15 is 0 Å². The number of carboxylic acid groups (broad SMARTS) is 1. The van der Waals surface area contributed by atoms with Gasteiger partial charge in [-0.15, -0.1) is 0 Å². The summed E-state index contributed by atoms with van der Waals surface area (Å²) in [5.41, 5.74) is -0.325. The van der Waals surface area contributed by atoms with E-state index in [1.165, 1.54) is 12.1 Å². The third-order valence-corrected chi connectivity index (χ3v) is 3.51. The Morgan fingerprint density at radius 2 is 2.05 bits per heavy atom. The SMILES string of the molecule is O=C(CN1C(=O)CSC1=O)Nc1ccc(O)cc1C(=O)O. The van der Waals surface area contributed by atoms with Crippen molar-refractivity contribution in [3.05, 3.63) is 23.8 Å². The van der Waals surface area contributed by atoms with Crippen LogP contribution in [0.1, 0.15) is 10.4 Å². The van der Waals surface area contributed by atoms with Gasteiger partial charge in [0.05, 0.1) is 17.0 Å². The lowest BCUT2D eigenvalue weighted by atomic mass is 10.1. The van der Waals surface area contributed by atoms with Gasteiger partial charge in [0, 0.05) is 0 Å². The Kier molecular flexibility index (Phi) is 4.13. The van der Waals surface area contributed by atoms with Gasteiger partial charge in [-0.1, -0.05) is 11.8 Å². The lowest BCUT2D eigenvalue weighted by Gasteiger charge is -2.13. The van der Waals surface area contributed by atoms with E-state index in [-0.39, 0.29) is 22.8 Å². The van der Waals surface area contributed by atoms with Crippen LogP contribution < -0.4 is 5.32 Å². The van der Waals surface area contributed by atoms with Crippen molar-refractivity contribution >= 4 is 40.5 Å². The van der Waals surface area contributed by atoms with E-state index in [1.54, 1.807) is 0 Å². The van der Waals surface area contributed by atoms with Crippen LogP contribution in [0.25, 0.3) is 0 Å². The zero-order valence-electron chi connectivity index (χ0n) is 10.5. The minimum atomic E-state index is -1.33. The molecule has 1 saturated heterocycles. The molecular weight excluding hydrogens is 300 g/mol. The number of anilines is 1. The van der Waals surface area contributed by atoms with Gasteiger partial charge in [0.1, 0.15) is 12.3 Å². The number of imide groups is 1. The first kappa shape index (κ1) is 14.9. The molecule has 9 heteroatoms. The lowest BCUT2D eigenvalue weighted by molar-refractivity contribution is -0.128. The number of benzene rings is 1. The topological polar surface area (TPSA) is 124 Å². The maximum absolute atomic E-state index is 11.8. The quantitative estimate of drug-likeness (QED) is 0.700. The van der Waals surface area contributed by atoms with Gasteiger partial charge in [0.25, 0.3) is 5.24 Å². The highest BCUT2D eigenvalue weighted by Gasteiger charge is 2.31. The summed E-state index contributed by atoms with van der Waals surface area (Å²) in [5, 5.41) is 20.0. The Bertz CT molecular complexity index is 629. The number of hydrogen-bond acceptors (Lipinski definition) is 6. The molecule has 0 aliphatic carbocycles. The molecular formula is C12H10N2O6S. The molecule has 0 atom stereocenters. The molecule has 0 saturated carbocycles. The maximum Gasteiger partial charge on any atom is 0.337 e. The number of aromatic carboxylic acids is 1. The molecule has 0 bridgehead atoms. The molecule has 21 heavy (non-hydrogen) atoms. The van der Waals surface area contributed by atoms with Gasteiger partial charge in [-0.3, -0.25) is 19.3 Å². The summed E-state index contributed by atoms with van der Waals surface area (Å²) in [6.45, 7) is -0.482. The van der Waals surface area contributed by atoms with Crippen molar-refractivity contribution in [1.82, 2.24) is 4.90 Å². The molecule has 8 nitrogen and oxygen atoms in total. The van der Waals surface area contributed by atoms with Crippen LogP contribution in [0.3, 0.4) is 0 Å². The van der Waals surface area contributed by atoms with E-state index in [2.05, 4.69) is 5.32 Å². The molecule has 110 valence electrons. The largest absolute Gasteiger partial charge is 0.508 e. The molecule has 0 radical (unpaired) electrons. The molecule has 0 unspecified atom stereocenters. The lowest BCUT2D eigenvalue weighted by Crippen LogP contribution is -2.36. The van der Waals surface area contributed by atoms with E-state index in [1.807, 2.05) is 0 Å². The van der Waals surface area contributed by atoms with Crippen molar-refractivity contribution in [2.45, 2.75) is 0 Å². The van der Waals surface area contributed by atoms with Crippen molar-refractivity contribution in [2.75, 3.05) is 17.6 Å². The summed E-state index contributed by atoms with van der Waals surface area (Å²) in [7, 11) is 0. The van der Waals surface area contributed by atoms with Crippen molar-refractivity contribution < 1.29 is 29.4 Å². The summed E-state index contributed by atoms with van der Waals surface area (Å²) in [4.78, 5) is 46.3. The molecule has 1 aliphatic rings. The van der Waals surface area contributed by atoms with Crippen LogP contribution in [0.5, 0.6) is 5.75 Å². The number of phenolic OH excluding ortho intramolecular Hbond substituents is 1. The van der Waals surface area contributed by atoms with E-state index in [0.29, 0.717) is 0 Å². The highest BCUT2D eigenvalue weighted by atomic mass is 32.2.